The molecule has 1 N–H and O–H groups in total. The summed E-state index contributed by atoms with van der Waals surface area (Å²) in [5.41, 5.74) is 1.08. The Labute approximate surface area is 146 Å². The monoisotopic (exact) mass is 329 g/mol. The third-order valence-corrected chi connectivity index (χ3v) is 4.17. The molecule has 0 aliphatic rings. The van der Waals surface area contributed by atoms with Crippen molar-refractivity contribution in [3.63, 3.8) is 0 Å². The van der Waals surface area contributed by atoms with Gasteiger partial charge in [-0.25, -0.2) is 4.98 Å². The van der Waals surface area contributed by atoms with Crippen LogP contribution in [0.4, 0.5) is 0 Å². The number of nitrogens with one attached hydrogen (secondary N) is 1. The molecule has 2 aromatic rings. The summed E-state index contributed by atoms with van der Waals surface area (Å²) in [5, 5.41) is 0. The van der Waals surface area contributed by atoms with Crippen LogP contribution in [-0.2, 0) is 0 Å². The number of hydrogen-bond donors (Lipinski definition) is 1. The molecule has 0 bridgehead atoms. The number of unbranched alkanes of at least 4 members (excludes halogenated alkanes) is 2. The zero-order valence-corrected chi connectivity index (χ0v) is 15.1. The molecule has 1 aromatic carbocycles. The Balaban J connectivity index is 1.70. The van der Waals surface area contributed by atoms with Crippen molar-refractivity contribution in [2.45, 2.75) is 46.0 Å². The van der Waals surface area contributed by atoms with Gasteiger partial charge in [-0.1, -0.05) is 26.7 Å². The van der Waals surface area contributed by atoms with Crippen molar-refractivity contribution in [3.05, 3.63) is 36.7 Å². The lowest BCUT2D eigenvalue weighted by molar-refractivity contribution is 0.229. The lowest BCUT2D eigenvalue weighted by Gasteiger charge is -2.21. The van der Waals surface area contributed by atoms with Gasteiger partial charge in [0.2, 0.25) is 0 Å². The fourth-order valence-electron chi connectivity index (χ4n) is 2.71. The van der Waals surface area contributed by atoms with Gasteiger partial charge in [0.15, 0.2) is 0 Å². The predicted octanol–water partition coefficient (Wildman–Crippen LogP) is 4.75. The molecule has 132 valence electrons. The Kier molecular flexibility index (Phi) is 8.39. The minimum atomic E-state index is 0.773. The third-order valence-electron chi connectivity index (χ3n) is 4.17. The van der Waals surface area contributed by atoms with Gasteiger partial charge in [-0.15, -0.1) is 0 Å². The van der Waals surface area contributed by atoms with E-state index in [9.17, 15) is 0 Å². The van der Waals surface area contributed by atoms with Crippen LogP contribution in [0.3, 0.4) is 0 Å². The van der Waals surface area contributed by atoms with E-state index in [1.54, 1.807) is 6.20 Å². The van der Waals surface area contributed by atoms with Gasteiger partial charge in [0.1, 0.15) is 11.6 Å². The average molecular weight is 329 g/mol. The van der Waals surface area contributed by atoms with E-state index in [1.807, 2.05) is 30.5 Å². The van der Waals surface area contributed by atoms with E-state index in [-0.39, 0.29) is 0 Å². The van der Waals surface area contributed by atoms with Crippen LogP contribution in [0.5, 0.6) is 5.75 Å². The number of nitrogens with zero attached hydrogens (tertiary/aromatic N) is 2. The van der Waals surface area contributed by atoms with E-state index in [4.69, 9.17) is 4.74 Å². The summed E-state index contributed by atoms with van der Waals surface area (Å²) in [7, 11) is 0. The second kappa shape index (κ2) is 10.9. The fraction of sp³-hybridized carbons (Fsp3) is 0.550. The van der Waals surface area contributed by atoms with Crippen molar-refractivity contribution in [1.82, 2.24) is 14.9 Å². The lowest BCUT2D eigenvalue weighted by Crippen LogP contribution is -2.28. The number of hydrogen-bond acceptors (Lipinski definition) is 3. The molecule has 24 heavy (non-hydrogen) atoms. The van der Waals surface area contributed by atoms with E-state index < -0.39 is 0 Å². The molecule has 0 atom stereocenters. The Morgan fingerprint density at radius 2 is 1.62 bits per heavy atom. The third kappa shape index (κ3) is 6.36. The summed E-state index contributed by atoms with van der Waals surface area (Å²) in [6.07, 6.45) is 9.79. The van der Waals surface area contributed by atoms with Crippen LogP contribution in [0.1, 0.15) is 46.0 Å². The summed E-state index contributed by atoms with van der Waals surface area (Å²) in [6.45, 7) is 8.85. The van der Waals surface area contributed by atoms with Crippen LogP contribution >= 0.6 is 0 Å². The maximum atomic E-state index is 5.88. The maximum Gasteiger partial charge on any atom is 0.137 e. The number of rotatable bonds is 12. The van der Waals surface area contributed by atoms with E-state index in [1.165, 1.54) is 38.8 Å². The number of benzene rings is 1. The summed E-state index contributed by atoms with van der Waals surface area (Å²) in [6, 6.07) is 8.12. The van der Waals surface area contributed by atoms with E-state index in [0.717, 1.165) is 36.7 Å². The van der Waals surface area contributed by atoms with E-state index in [2.05, 4.69) is 28.7 Å². The van der Waals surface area contributed by atoms with Crippen molar-refractivity contribution < 1.29 is 4.74 Å². The molecule has 4 heteroatoms. The molecule has 0 fully saturated rings. The quantitative estimate of drug-likeness (QED) is 0.571. The van der Waals surface area contributed by atoms with Gasteiger partial charge in [0.25, 0.3) is 0 Å². The number of aromatic amines is 1. The molecular formula is C20H31N3O. The molecule has 0 aliphatic heterocycles. The second-order valence-corrected chi connectivity index (χ2v) is 6.21. The first-order valence-electron chi connectivity index (χ1n) is 9.28. The standard InChI is InChI=1S/C20H31N3O/c1-3-5-14-23(15-6-4-2)16-7-17-24-19-10-8-18(9-11-19)20-21-12-13-22-20/h8-13H,3-7,14-17H2,1-2H3,(H,21,22). The Hall–Kier alpha value is -1.81. The first-order valence-corrected chi connectivity index (χ1v) is 9.28. The molecular weight excluding hydrogens is 298 g/mol. The van der Waals surface area contributed by atoms with Crippen LogP contribution in [0.15, 0.2) is 36.7 Å². The minimum Gasteiger partial charge on any atom is -0.494 e. The van der Waals surface area contributed by atoms with Gasteiger partial charge in [-0.3, -0.25) is 0 Å². The fourth-order valence-corrected chi connectivity index (χ4v) is 2.71. The number of H-pyrrole nitrogens is 1. The van der Waals surface area contributed by atoms with Crippen LogP contribution < -0.4 is 4.74 Å². The molecule has 1 heterocycles. The highest BCUT2D eigenvalue weighted by atomic mass is 16.5. The first-order chi connectivity index (χ1) is 11.8. The Morgan fingerprint density at radius 1 is 0.958 bits per heavy atom. The summed E-state index contributed by atoms with van der Waals surface area (Å²) in [5.74, 6) is 1.82. The first kappa shape index (κ1) is 18.5. The SMILES string of the molecule is CCCCN(CCCC)CCCOc1ccc(-c2ncc[nH]2)cc1. The summed E-state index contributed by atoms with van der Waals surface area (Å²) < 4.78 is 5.88. The van der Waals surface area contributed by atoms with Gasteiger partial charge < -0.3 is 14.6 Å². The van der Waals surface area contributed by atoms with Gasteiger partial charge in [-0.2, -0.15) is 0 Å². The van der Waals surface area contributed by atoms with Gasteiger partial charge in [0.05, 0.1) is 6.61 Å². The largest absolute Gasteiger partial charge is 0.494 e. The number of aromatic nitrogens is 2. The highest BCUT2D eigenvalue weighted by Gasteiger charge is 2.04. The normalized spacial score (nSPS) is 11.1. The second-order valence-electron chi connectivity index (χ2n) is 6.21. The molecule has 0 amide bonds. The molecule has 0 unspecified atom stereocenters. The molecule has 0 spiro atoms. The minimum absolute atomic E-state index is 0.773. The smallest absolute Gasteiger partial charge is 0.137 e. The molecule has 1 aromatic heterocycles. The van der Waals surface area contributed by atoms with Crippen LogP contribution in [0.25, 0.3) is 11.4 Å². The highest BCUT2D eigenvalue weighted by molar-refractivity contribution is 5.55. The van der Waals surface area contributed by atoms with E-state index >= 15 is 0 Å². The van der Waals surface area contributed by atoms with Gasteiger partial charge in [0, 0.05) is 24.5 Å². The maximum absolute atomic E-state index is 5.88. The molecule has 0 radical (unpaired) electrons. The van der Waals surface area contributed by atoms with E-state index in [0.29, 0.717) is 0 Å². The lowest BCUT2D eigenvalue weighted by atomic mass is 10.2. The van der Waals surface area contributed by atoms with Crippen LogP contribution in [-0.4, -0.2) is 41.1 Å². The van der Waals surface area contributed by atoms with Crippen molar-refractivity contribution in [3.8, 4) is 17.1 Å². The van der Waals surface area contributed by atoms with Crippen LogP contribution in [0, 0.1) is 0 Å². The van der Waals surface area contributed by atoms with Crippen LogP contribution in [0.2, 0.25) is 0 Å². The van der Waals surface area contributed by atoms with Crippen molar-refractivity contribution >= 4 is 0 Å². The van der Waals surface area contributed by atoms with Crippen molar-refractivity contribution in [2.24, 2.45) is 0 Å². The summed E-state index contributed by atoms with van der Waals surface area (Å²) >= 11 is 0. The molecule has 0 aliphatic carbocycles. The number of imidazole rings is 1. The molecule has 2 rings (SSSR count). The molecule has 4 nitrogen and oxygen atoms in total. The average Bonchev–Trinajstić information content (AvgIpc) is 3.15. The molecule has 0 saturated carbocycles. The Bertz CT molecular complexity index is 529. The zero-order valence-electron chi connectivity index (χ0n) is 15.1. The zero-order chi connectivity index (χ0) is 17.0. The summed E-state index contributed by atoms with van der Waals surface area (Å²) in [4.78, 5) is 9.95. The van der Waals surface area contributed by atoms with Gasteiger partial charge >= 0.3 is 0 Å². The number of ether oxygens (including phenoxy) is 1. The van der Waals surface area contributed by atoms with Crippen molar-refractivity contribution in [1.29, 1.82) is 0 Å². The highest BCUT2D eigenvalue weighted by Crippen LogP contribution is 2.19. The topological polar surface area (TPSA) is 41.1 Å². The predicted molar refractivity (Wildman–Crippen MR) is 100 cm³/mol. The van der Waals surface area contributed by atoms with Crippen molar-refractivity contribution in [2.75, 3.05) is 26.2 Å². The Morgan fingerprint density at radius 3 is 2.21 bits per heavy atom. The molecule has 0 saturated heterocycles. The van der Waals surface area contributed by atoms with Gasteiger partial charge in [-0.05, 0) is 56.6 Å².